The van der Waals surface area contributed by atoms with Gasteiger partial charge in [-0.05, 0) is 30.2 Å². The third kappa shape index (κ3) is 4.80. The predicted molar refractivity (Wildman–Crippen MR) is 116 cm³/mol. The van der Waals surface area contributed by atoms with Crippen molar-refractivity contribution in [2.45, 2.75) is 29.9 Å². The summed E-state index contributed by atoms with van der Waals surface area (Å²) >= 11 is 1.37. The largest absolute Gasteiger partial charge is 0.467 e. The van der Waals surface area contributed by atoms with Gasteiger partial charge in [0.2, 0.25) is 5.91 Å². The van der Waals surface area contributed by atoms with Gasteiger partial charge < -0.3 is 14.3 Å². The number of carbonyl (C=O) groups excluding carboxylic acids is 1. The average Bonchev–Trinajstić information content (AvgIpc) is 3.46. The summed E-state index contributed by atoms with van der Waals surface area (Å²) in [5, 5.41) is 11.7. The van der Waals surface area contributed by atoms with Gasteiger partial charge >= 0.3 is 0 Å². The quantitative estimate of drug-likeness (QED) is 0.432. The van der Waals surface area contributed by atoms with Crippen LogP contribution in [0.25, 0.3) is 0 Å². The van der Waals surface area contributed by atoms with Gasteiger partial charge in [0.05, 0.1) is 24.1 Å². The van der Waals surface area contributed by atoms with E-state index >= 15 is 0 Å². The Bertz CT molecular complexity index is 1030. The molecular formula is C23H22N4O2S. The van der Waals surface area contributed by atoms with E-state index in [0.717, 1.165) is 16.9 Å². The third-order valence-corrected chi connectivity index (χ3v) is 5.78. The van der Waals surface area contributed by atoms with Gasteiger partial charge in [0.1, 0.15) is 12.1 Å². The molecule has 1 atom stereocenters. The van der Waals surface area contributed by atoms with Crippen LogP contribution in [-0.2, 0) is 11.3 Å². The molecule has 2 aromatic heterocycles. The van der Waals surface area contributed by atoms with Crippen LogP contribution in [-0.4, -0.2) is 25.9 Å². The number of benzene rings is 2. The number of nitrogens with zero attached hydrogens (tertiary/aromatic N) is 3. The molecule has 0 aliphatic rings. The predicted octanol–water partition coefficient (Wildman–Crippen LogP) is 4.31. The molecule has 2 aromatic carbocycles. The molecule has 1 amide bonds. The molecule has 0 saturated heterocycles. The van der Waals surface area contributed by atoms with Crippen molar-refractivity contribution in [1.82, 2.24) is 20.1 Å². The lowest BCUT2D eigenvalue weighted by Crippen LogP contribution is -2.35. The van der Waals surface area contributed by atoms with Crippen molar-refractivity contribution in [3.05, 3.63) is 102 Å². The summed E-state index contributed by atoms with van der Waals surface area (Å²) in [7, 11) is 0. The number of aromatic nitrogens is 3. The summed E-state index contributed by atoms with van der Waals surface area (Å²) in [6.45, 7) is 2.40. The zero-order valence-electron chi connectivity index (χ0n) is 16.5. The number of carbonyl (C=O) groups is 1. The minimum atomic E-state index is -0.348. The van der Waals surface area contributed by atoms with Crippen LogP contribution >= 0.6 is 11.8 Å². The van der Waals surface area contributed by atoms with E-state index in [4.69, 9.17) is 4.42 Å². The monoisotopic (exact) mass is 418 g/mol. The van der Waals surface area contributed by atoms with E-state index in [1.807, 2.05) is 84.3 Å². The van der Waals surface area contributed by atoms with E-state index in [2.05, 4.69) is 15.5 Å². The standard InChI is InChI=1S/C23H22N4O2S/c1-17(30-23-26-24-16-27(23)15-20-13-8-14-29-20)22(28)25-21(18-9-4-2-5-10-18)19-11-6-3-7-12-19/h2-14,16-17,21H,15H2,1H3,(H,25,28). The minimum Gasteiger partial charge on any atom is -0.467 e. The molecule has 0 radical (unpaired) electrons. The molecule has 2 heterocycles. The van der Waals surface area contributed by atoms with Crippen LogP contribution in [0.2, 0.25) is 0 Å². The zero-order chi connectivity index (χ0) is 20.8. The number of thioether (sulfide) groups is 1. The van der Waals surface area contributed by atoms with Crippen LogP contribution in [0.3, 0.4) is 0 Å². The number of hydrogen-bond donors (Lipinski definition) is 1. The lowest BCUT2D eigenvalue weighted by Gasteiger charge is -2.22. The molecule has 4 aromatic rings. The van der Waals surface area contributed by atoms with E-state index < -0.39 is 0 Å². The Balaban J connectivity index is 1.47. The summed E-state index contributed by atoms with van der Waals surface area (Å²) in [5.74, 6) is 0.743. The van der Waals surface area contributed by atoms with E-state index in [9.17, 15) is 4.79 Å². The summed E-state index contributed by atoms with van der Waals surface area (Å²) in [6, 6.07) is 23.5. The second-order valence-electron chi connectivity index (χ2n) is 6.84. The Kier molecular flexibility index (Phi) is 6.29. The van der Waals surface area contributed by atoms with Gasteiger partial charge in [-0.3, -0.25) is 4.79 Å². The van der Waals surface area contributed by atoms with Crippen LogP contribution in [0.4, 0.5) is 0 Å². The van der Waals surface area contributed by atoms with Gasteiger partial charge in [-0.25, -0.2) is 0 Å². The fourth-order valence-electron chi connectivity index (χ4n) is 3.14. The van der Waals surface area contributed by atoms with Crippen molar-refractivity contribution in [2.75, 3.05) is 0 Å². The molecule has 0 spiro atoms. The van der Waals surface area contributed by atoms with Crippen molar-refractivity contribution in [3.8, 4) is 0 Å². The lowest BCUT2D eigenvalue weighted by molar-refractivity contribution is -0.120. The van der Waals surface area contributed by atoms with Crippen LogP contribution in [0.1, 0.15) is 29.9 Å². The van der Waals surface area contributed by atoms with Crippen LogP contribution in [0, 0.1) is 0 Å². The van der Waals surface area contributed by atoms with Gasteiger partial charge in [-0.15, -0.1) is 10.2 Å². The molecule has 0 aliphatic heterocycles. The second kappa shape index (κ2) is 9.45. The fraction of sp³-hybridized carbons (Fsp3) is 0.174. The maximum absolute atomic E-state index is 13.0. The Morgan fingerprint density at radius 3 is 2.30 bits per heavy atom. The van der Waals surface area contributed by atoms with Gasteiger partial charge in [0, 0.05) is 0 Å². The van der Waals surface area contributed by atoms with E-state index in [1.54, 1.807) is 12.6 Å². The first-order valence-corrected chi connectivity index (χ1v) is 10.6. The molecule has 0 bridgehead atoms. The Morgan fingerprint density at radius 1 is 1.03 bits per heavy atom. The Hall–Kier alpha value is -3.32. The van der Waals surface area contributed by atoms with Crippen LogP contribution < -0.4 is 5.32 Å². The van der Waals surface area contributed by atoms with Crippen molar-refractivity contribution in [2.24, 2.45) is 0 Å². The van der Waals surface area contributed by atoms with Crippen molar-refractivity contribution in [1.29, 1.82) is 0 Å². The van der Waals surface area contributed by atoms with E-state index in [0.29, 0.717) is 11.7 Å². The normalized spacial score (nSPS) is 12.1. The first kappa shape index (κ1) is 20.0. The second-order valence-corrected chi connectivity index (χ2v) is 8.15. The number of nitrogens with one attached hydrogen (secondary N) is 1. The number of furan rings is 1. The summed E-state index contributed by atoms with van der Waals surface area (Å²) < 4.78 is 7.27. The number of rotatable bonds is 8. The molecule has 4 rings (SSSR count). The highest BCUT2D eigenvalue weighted by Gasteiger charge is 2.23. The zero-order valence-corrected chi connectivity index (χ0v) is 17.3. The molecule has 6 nitrogen and oxygen atoms in total. The lowest BCUT2D eigenvalue weighted by atomic mass is 9.98. The third-order valence-electron chi connectivity index (χ3n) is 4.69. The first-order valence-electron chi connectivity index (χ1n) is 9.68. The van der Waals surface area contributed by atoms with Gasteiger partial charge in [-0.2, -0.15) is 0 Å². The van der Waals surface area contributed by atoms with Crippen molar-refractivity contribution in [3.63, 3.8) is 0 Å². The maximum atomic E-state index is 13.0. The van der Waals surface area contributed by atoms with E-state index in [-0.39, 0.29) is 17.2 Å². The molecule has 0 saturated carbocycles. The molecule has 0 fully saturated rings. The Labute approximate surface area is 179 Å². The van der Waals surface area contributed by atoms with Crippen molar-refractivity contribution < 1.29 is 9.21 Å². The van der Waals surface area contributed by atoms with Crippen LogP contribution in [0.15, 0.2) is 95.0 Å². The fourth-order valence-corrected chi connectivity index (χ4v) is 3.97. The molecule has 30 heavy (non-hydrogen) atoms. The summed E-state index contributed by atoms with van der Waals surface area (Å²) in [4.78, 5) is 13.0. The maximum Gasteiger partial charge on any atom is 0.234 e. The smallest absolute Gasteiger partial charge is 0.234 e. The van der Waals surface area contributed by atoms with E-state index in [1.165, 1.54) is 11.8 Å². The van der Waals surface area contributed by atoms with Gasteiger partial charge in [0.25, 0.3) is 0 Å². The van der Waals surface area contributed by atoms with Crippen molar-refractivity contribution >= 4 is 17.7 Å². The highest BCUT2D eigenvalue weighted by Crippen LogP contribution is 2.25. The van der Waals surface area contributed by atoms with Gasteiger partial charge in [-0.1, -0.05) is 72.4 Å². The number of amides is 1. The SMILES string of the molecule is CC(Sc1nncn1Cc1ccco1)C(=O)NC(c1ccccc1)c1ccccc1. The summed E-state index contributed by atoms with van der Waals surface area (Å²) in [5.41, 5.74) is 2.07. The topological polar surface area (TPSA) is 73.0 Å². The molecule has 1 N–H and O–H groups in total. The molecule has 1 unspecified atom stereocenters. The average molecular weight is 419 g/mol. The van der Waals surface area contributed by atoms with Crippen LogP contribution in [0.5, 0.6) is 0 Å². The highest BCUT2D eigenvalue weighted by atomic mass is 32.2. The molecule has 0 aliphatic carbocycles. The Morgan fingerprint density at radius 2 is 1.70 bits per heavy atom. The first-order chi connectivity index (χ1) is 14.7. The molecular weight excluding hydrogens is 396 g/mol. The number of hydrogen-bond acceptors (Lipinski definition) is 5. The van der Waals surface area contributed by atoms with Gasteiger partial charge in [0.15, 0.2) is 5.16 Å². The summed E-state index contributed by atoms with van der Waals surface area (Å²) in [6.07, 6.45) is 3.28. The molecule has 7 heteroatoms. The molecule has 152 valence electrons. The highest BCUT2D eigenvalue weighted by molar-refractivity contribution is 8.00. The minimum absolute atomic E-state index is 0.0646.